The van der Waals surface area contributed by atoms with Crippen molar-refractivity contribution < 1.29 is 9.59 Å². The van der Waals surface area contributed by atoms with Crippen molar-refractivity contribution in [2.45, 2.75) is 13.5 Å². The van der Waals surface area contributed by atoms with Gasteiger partial charge in [-0.3, -0.25) is 9.59 Å². The Morgan fingerprint density at radius 3 is 2.69 bits per heavy atom. The van der Waals surface area contributed by atoms with Crippen LogP contribution in [0.3, 0.4) is 0 Å². The van der Waals surface area contributed by atoms with E-state index in [0.717, 1.165) is 22.4 Å². The Bertz CT molecular complexity index is 1100. The van der Waals surface area contributed by atoms with Crippen molar-refractivity contribution in [1.82, 2.24) is 14.9 Å². The van der Waals surface area contributed by atoms with Gasteiger partial charge in [0.2, 0.25) is 5.91 Å². The number of carbonyl (C=O) groups excluding carboxylic acids is 2. The maximum absolute atomic E-state index is 12.5. The fourth-order valence-electron chi connectivity index (χ4n) is 3.16. The van der Waals surface area contributed by atoms with Crippen LogP contribution in [-0.2, 0) is 16.1 Å². The highest BCUT2D eigenvalue weighted by Gasteiger charge is 2.26. The molecule has 1 atom stereocenters. The molecule has 0 fully saturated rings. The van der Waals surface area contributed by atoms with E-state index in [0.29, 0.717) is 12.3 Å². The second-order valence-electron chi connectivity index (χ2n) is 6.90. The van der Waals surface area contributed by atoms with E-state index in [2.05, 4.69) is 15.3 Å². The number of allylic oxidation sites excluding steroid dienone is 1. The number of aryl methyl sites for hydroxylation is 1. The summed E-state index contributed by atoms with van der Waals surface area (Å²) < 4.78 is 1.90. The fourth-order valence-corrected chi connectivity index (χ4v) is 3.16. The lowest BCUT2D eigenvalue weighted by molar-refractivity contribution is -0.131. The highest BCUT2D eigenvalue weighted by molar-refractivity contribution is 6.19. The molecule has 2 amide bonds. The average Bonchev–Trinajstić information content (AvgIpc) is 3.27. The standard InChI is InChI=1S/C23H20N4O2/c1-16-3-2-4-18(13-16)21-10-9-20(23(29)26-21)22(28)25-14-17-5-7-19(8-6-17)27-12-11-24-15-27/h2-13,15,20H,14H2,1H3,(H,25,28). The Labute approximate surface area is 168 Å². The van der Waals surface area contributed by atoms with Crippen molar-refractivity contribution >= 4 is 17.5 Å². The molecule has 4 rings (SSSR count). The van der Waals surface area contributed by atoms with Gasteiger partial charge in [-0.15, -0.1) is 0 Å². The zero-order valence-corrected chi connectivity index (χ0v) is 15.9. The van der Waals surface area contributed by atoms with E-state index in [9.17, 15) is 9.59 Å². The van der Waals surface area contributed by atoms with Crippen molar-refractivity contribution in [3.63, 3.8) is 0 Å². The lowest BCUT2D eigenvalue weighted by Crippen LogP contribution is -2.35. The van der Waals surface area contributed by atoms with E-state index in [1.54, 1.807) is 24.7 Å². The van der Waals surface area contributed by atoms with Gasteiger partial charge in [0.1, 0.15) is 5.92 Å². The van der Waals surface area contributed by atoms with Crippen molar-refractivity contribution in [3.05, 3.63) is 96.1 Å². The number of nitrogens with zero attached hydrogens (tertiary/aromatic N) is 3. The maximum Gasteiger partial charge on any atom is 0.262 e. The summed E-state index contributed by atoms with van der Waals surface area (Å²) in [6.45, 7) is 2.33. The molecule has 0 bridgehead atoms. The number of carbonyl (C=O) groups is 2. The molecule has 0 saturated carbocycles. The number of dihydropyridines is 1. The van der Waals surface area contributed by atoms with Crippen LogP contribution in [0.15, 0.2) is 84.4 Å². The lowest BCUT2D eigenvalue weighted by atomic mass is 9.99. The van der Waals surface area contributed by atoms with Crippen LogP contribution in [0.2, 0.25) is 0 Å². The molecule has 1 unspecified atom stereocenters. The molecule has 29 heavy (non-hydrogen) atoms. The van der Waals surface area contributed by atoms with Crippen LogP contribution in [0.1, 0.15) is 16.7 Å². The van der Waals surface area contributed by atoms with Gasteiger partial charge >= 0.3 is 0 Å². The predicted molar refractivity (Wildman–Crippen MR) is 111 cm³/mol. The Kier molecular flexibility index (Phi) is 5.16. The smallest absolute Gasteiger partial charge is 0.262 e. The molecule has 144 valence electrons. The number of rotatable bonds is 5. The van der Waals surface area contributed by atoms with Gasteiger partial charge in [0.15, 0.2) is 0 Å². The first-order valence-electron chi connectivity index (χ1n) is 9.33. The predicted octanol–water partition coefficient (Wildman–Crippen LogP) is 3.00. The van der Waals surface area contributed by atoms with Gasteiger partial charge in [-0.1, -0.05) is 42.0 Å². The molecule has 3 aromatic rings. The Morgan fingerprint density at radius 2 is 2.00 bits per heavy atom. The molecule has 2 aromatic carbocycles. The minimum Gasteiger partial charge on any atom is -0.351 e. The van der Waals surface area contributed by atoms with Crippen LogP contribution in [0.5, 0.6) is 0 Å². The van der Waals surface area contributed by atoms with E-state index in [4.69, 9.17) is 0 Å². The number of aromatic nitrogens is 2. The van der Waals surface area contributed by atoms with Gasteiger partial charge in [0, 0.05) is 30.2 Å². The Hall–Kier alpha value is -3.80. The molecule has 6 nitrogen and oxygen atoms in total. The quantitative estimate of drug-likeness (QED) is 0.687. The van der Waals surface area contributed by atoms with Gasteiger partial charge in [0.05, 0.1) is 12.0 Å². The third-order valence-electron chi connectivity index (χ3n) is 4.75. The second kappa shape index (κ2) is 8.06. The van der Waals surface area contributed by atoms with Gasteiger partial charge in [0.25, 0.3) is 5.91 Å². The van der Waals surface area contributed by atoms with Crippen LogP contribution in [0, 0.1) is 12.8 Å². The molecule has 6 heteroatoms. The summed E-state index contributed by atoms with van der Waals surface area (Å²) in [5.41, 5.74) is 4.47. The van der Waals surface area contributed by atoms with E-state index >= 15 is 0 Å². The number of hydrogen-bond donors (Lipinski definition) is 1. The SMILES string of the molecule is Cc1cccc(C2=NC(=O)C(C(=O)NCc3ccc(-n4ccnc4)cc3)C=C2)c1. The lowest BCUT2D eigenvalue weighted by Gasteiger charge is -2.15. The normalized spacial score (nSPS) is 15.8. The fraction of sp³-hybridized carbons (Fsp3) is 0.130. The third-order valence-corrected chi connectivity index (χ3v) is 4.75. The average molecular weight is 384 g/mol. The molecule has 1 aromatic heterocycles. The van der Waals surface area contributed by atoms with E-state index in [1.807, 2.05) is 66.2 Å². The van der Waals surface area contributed by atoms with Crippen LogP contribution < -0.4 is 5.32 Å². The summed E-state index contributed by atoms with van der Waals surface area (Å²) in [6, 6.07) is 15.5. The molecule has 0 spiro atoms. The molecule has 0 radical (unpaired) electrons. The third kappa shape index (κ3) is 4.21. The van der Waals surface area contributed by atoms with Gasteiger partial charge in [-0.05, 0) is 36.8 Å². The second-order valence-corrected chi connectivity index (χ2v) is 6.90. The number of benzene rings is 2. The number of amides is 2. The van der Waals surface area contributed by atoms with Crippen molar-refractivity contribution in [3.8, 4) is 5.69 Å². The number of imidazole rings is 1. The summed E-state index contributed by atoms with van der Waals surface area (Å²) >= 11 is 0. The molecule has 0 aliphatic carbocycles. The van der Waals surface area contributed by atoms with Crippen LogP contribution in [0.25, 0.3) is 5.69 Å². The summed E-state index contributed by atoms with van der Waals surface area (Å²) in [5, 5.41) is 2.82. The molecular weight excluding hydrogens is 364 g/mol. The number of aliphatic imine (C=N–C) groups is 1. The highest BCUT2D eigenvalue weighted by atomic mass is 16.2. The van der Waals surface area contributed by atoms with E-state index in [-0.39, 0.29) is 5.91 Å². The van der Waals surface area contributed by atoms with Gasteiger partial charge < -0.3 is 9.88 Å². The molecule has 1 aliphatic heterocycles. The van der Waals surface area contributed by atoms with Crippen molar-refractivity contribution in [2.24, 2.45) is 10.9 Å². The van der Waals surface area contributed by atoms with Crippen molar-refractivity contribution in [1.29, 1.82) is 0 Å². The Balaban J connectivity index is 1.37. The zero-order valence-electron chi connectivity index (χ0n) is 15.9. The highest BCUT2D eigenvalue weighted by Crippen LogP contribution is 2.15. The number of hydrogen-bond acceptors (Lipinski definition) is 3. The number of nitrogens with one attached hydrogen (secondary N) is 1. The summed E-state index contributed by atoms with van der Waals surface area (Å²) in [4.78, 5) is 33.0. The first-order chi connectivity index (χ1) is 14.1. The van der Waals surface area contributed by atoms with Crippen LogP contribution >= 0.6 is 0 Å². The van der Waals surface area contributed by atoms with Crippen LogP contribution in [-0.4, -0.2) is 27.1 Å². The first-order valence-corrected chi connectivity index (χ1v) is 9.33. The first kappa shape index (κ1) is 18.6. The van der Waals surface area contributed by atoms with E-state index < -0.39 is 11.8 Å². The minimum absolute atomic E-state index is 0.342. The molecule has 1 N–H and O–H groups in total. The van der Waals surface area contributed by atoms with Crippen LogP contribution in [0.4, 0.5) is 0 Å². The summed E-state index contributed by atoms with van der Waals surface area (Å²) in [5.74, 6) is -1.69. The van der Waals surface area contributed by atoms with Crippen molar-refractivity contribution in [2.75, 3.05) is 0 Å². The van der Waals surface area contributed by atoms with Gasteiger partial charge in [-0.2, -0.15) is 0 Å². The molecule has 0 saturated heterocycles. The van der Waals surface area contributed by atoms with E-state index in [1.165, 1.54) is 0 Å². The Morgan fingerprint density at radius 1 is 1.17 bits per heavy atom. The molecule has 2 heterocycles. The summed E-state index contributed by atoms with van der Waals surface area (Å²) in [7, 11) is 0. The summed E-state index contributed by atoms with van der Waals surface area (Å²) in [6.07, 6.45) is 8.66. The largest absolute Gasteiger partial charge is 0.351 e. The topological polar surface area (TPSA) is 76.3 Å². The minimum atomic E-state index is -0.895. The van der Waals surface area contributed by atoms with Gasteiger partial charge in [-0.25, -0.2) is 9.98 Å². The molecular formula is C23H20N4O2. The molecule has 1 aliphatic rings. The monoisotopic (exact) mass is 384 g/mol. The zero-order chi connectivity index (χ0) is 20.2. The maximum atomic E-state index is 12.5.